The Hall–Kier alpha value is -1.07. The van der Waals surface area contributed by atoms with E-state index in [1.165, 1.54) is 32.1 Å². The first-order valence-electron chi connectivity index (χ1n) is 7.61. The van der Waals surface area contributed by atoms with Crippen molar-refractivity contribution < 1.29 is 13.2 Å². The van der Waals surface area contributed by atoms with Crippen LogP contribution in [0, 0.1) is 0 Å². The molecular formula is C16H23F3N2. The first kappa shape index (κ1) is 16.3. The van der Waals surface area contributed by atoms with E-state index in [4.69, 9.17) is 5.73 Å². The van der Waals surface area contributed by atoms with Crippen LogP contribution in [0.3, 0.4) is 0 Å². The maximum absolute atomic E-state index is 12.6. The zero-order valence-electron chi connectivity index (χ0n) is 12.2. The van der Waals surface area contributed by atoms with Gasteiger partial charge >= 0.3 is 6.18 Å². The summed E-state index contributed by atoms with van der Waals surface area (Å²) in [4.78, 5) is 2.32. The summed E-state index contributed by atoms with van der Waals surface area (Å²) in [6.07, 6.45) is 1.82. The van der Waals surface area contributed by atoms with Gasteiger partial charge in [0, 0.05) is 25.7 Å². The Balaban J connectivity index is 2.02. The topological polar surface area (TPSA) is 29.3 Å². The predicted molar refractivity (Wildman–Crippen MR) is 77.8 cm³/mol. The molecule has 0 bridgehead atoms. The van der Waals surface area contributed by atoms with Crippen LogP contribution < -0.4 is 5.73 Å². The highest BCUT2D eigenvalue weighted by Crippen LogP contribution is 2.29. The highest BCUT2D eigenvalue weighted by Gasteiger charge is 2.30. The summed E-state index contributed by atoms with van der Waals surface area (Å²) in [5, 5.41) is 0. The first-order valence-corrected chi connectivity index (χ1v) is 7.61. The van der Waals surface area contributed by atoms with Gasteiger partial charge in [0.15, 0.2) is 0 Å². The number of halogens is 3. The van der Waals surface area contributed by atoms with Crippen molar-refractivity contribution in [2.24, 2.45) is 5.73 Å². The Morgan fingerprint density at radius 3 is 2.19 bits per heavy atom. The number of rotatable bonds is 5. The van der Waals surface area contributed by atoms with Crippen molar-refractivity contribution >= 4 is 0 Å². The van der Waals surface area contributed by atoms with Crippen molar-refractivity contribution in [1.29, 1.82) is 0 Å². The van der Waals surface area contributed by atoms with Gasteiger partial charge in [0.25, 0.3) is 0 Å². The number of alkyl halides is 3. The van der Waals surface area contributed by atoms with Gasteiger partial charge in [0.05, 0.1) is 5.56 Å². The molecule has 2 rings (SSSR count). The molecule has 0 atom stereocenters. The third-order valence-electron chi connectivity index (χ3n) is 4.17. The molecule has 1 aromatic carbocycles. The molecule has 1 aliphatic carbocycles. The molecule has 1 aromatic rings. The maximum Gasteiger partial charge on any atom is 0.416 e. The Morgan fingerprint density at radius 2 is 1.67 bits per heavy atom. The summed E-state index contributed by atoms with van der Waals surface area (Å²) in [7, 11) is 0. The van der Waals surface area contributed by atoms with Crippen LogP contribution in [0.25, 0.3) is 0 Å². The highest BCUT2D eigenvalue weighted by molar-refractivity contribution is 5.24. The Labute approximate surface area is 124 Å². The number of nitrogens with two attached hydrogens (primary N) is 1. The molecule has 0 amide bonds. The Kier molecular flexibility index (Phi) is 5.65. The summed E-state index contributed by atoms with van der Waals surface area (Å²) in [6.45, 7) is 2.06. The van der Waals surface area contributed by atoms with Crippen molar-refractivity contribution in [3.8, 4) is 0 Å². The van der Waals surface area contributed by atoms with Gasteiger partial charge in [-0.2, -0.15) is 13.2 Å². The summed E-state index contributed by atoms with van der Waals surface area (Å²) >= 11 is 0. The third-order valence-corrected chi connectivity index (χ3v) is 4.17. The van der Waals surface area contributed by atoms with Crippen LogP contribution in [-0.2, 0) is 12.7 Å². The van der Waals surface area contributed by atoms with E-state index in [1.54, 1.807) is 12.1 Å². The summed E-state index contributed by atoms with van der Waals surface area (Å²) in [5.41, 5.74) is 6.01. The quantitative estimate of drug-likeness (QED) is 0.896. The van der Waals surface area contributed by atoms with Gasteiger partial charge in [-0.05, 0) is 30.5 Å². The monoisotopic (exact) mass is 300 g/mol. The maximum atomic E-state index is 12.6. The molecule has 5 heteroatoms. The van der Waals surface area contributed by atoms with Crippen LogP contribution in [0.4, 0.5) is 13.2 Å². The molecule has 2 nitrogen and oxygen atoms in total. The summed E-state index contributed by atoms with van der Waals surface area (Å²) < 4.78 is 37.7. The van der Waals surface area contributed by atoms with Crippen LogP contribution in [-0.4, -0.2) is 24.0 Å². The van der Waals surface area contributed by atoms with E-state index in [9.17, 15) is 13.2 Å². The second kappa shape index (κ2) is 7.27. The Bertz CT molecular complexity index is 422. The Morgan fingerprint density at radius 1 is 1.05 bits per heavy atom. The SMILES string of the molecule is NCCN(Cc1ccc(C(F)(F)F)cc1)C1CCCCC1. The number of hydrogen-bond donors (Lipinski definition) is 1. The average molecular weight is 300 g/mol. The van der Waals surface area contributed by atoms with E-state index < -0.39 is 11.7 Å². The van der Waals surface area contributed by atoms with Crippen LogP contribution in [0.15, 0.2) is 24.3 Å². The van der Waals surface area contributed by atoms with Crippen LogP contribution in [0.1, 0.15) is 43.2 Å². The van der Waals surface area contributed by atoms with Gasteiger partial charge in [-0.3, -0.25) is 4.90 Å². The average Bonchev–Trinajstić information content (AvgIpc) is 2.47. The molecule has 0 aliphatic heterocycles. The van der Waals surface area contributed by atoms with E-state index in [-0.39, 0.29) is 0 Å². The standard InChI is InChI=1S/C16H23F3N2/c17-16(18,19)14-8-6-13(7-9-14)12-21(11-10-20)15-4-2-1-3-5-15/h6-9,15H,1-5,10-12,20H2. The van der Waals surface area contributed by atoms with Crippen molar-refractivity contribution in [3.05, 3.63) is 35.4 Å². The molecule has 0 unspecified atom stereocenters. The normalized spacial score (nSPS) is 17.4. The van der Waals surface area contributed by atoms with E-state index in [1.807, 2.05) is 0 Å². The van der Waals surface area contributed by atoms with E-state index >= 15 is 0 Å². The zero-order valence-corrected chi connectivity index (χ0v) is 12.2. The van der Waals surface area contributed by atoms with Gasteiger partial charge in [-0.1, -0.05) is 31.4 Å². The van der Waals surface area contributed by atoms with Crippen LogP contribution in [0.5, 0.6) is 0 Å². The largest absolute Gasteiger partial charge is 0.416 e. The molecule has 0 heterocycles. The molecule has 1 aliphatic rings. The lowest BCUT2D eigenvalue weighted by atomic mass is 9.93. The molecule has 0 radical (unpaired) electrons. The van der Waals surface area contributed by atoms with Gasteiger partial charge in [0.1, 0.15) is 0 Å². The summed E-state index contributed by atoms with van der Waals surface area (Å²) in [6, 6.07) is 6.00. The lowest BCUT2D eigenvalue weighted by molar-refractivity contribution is -0.137. The molecule has 0 saturated heterocycles. The lowest BCUT2D eigenvalue weighted by Crippen LogP contribution is -2.39. The van der Waals surface area contributed by atoms with Gasteiger partial charge < -0.3 is 5.73 Å². The van der Waals surface area contributed by atoms with Crippen molar-refractivity contribution in [2.75, 3.05) is 13.1 Å². The molecule has 21 heavy (non-hydrogen) atoms. The first-order chi connectivity index (χ1) is 10.0. The summed E-state index contributed by atoms with van der Waals surface area (Å²) in [5.74, 6) is 0. The second-order valence-electron chi connectivity index (χ2n) is 5.75. The third kappa shape index (κ3) is 4.71. The van der Waals surface area contributed by atoms with Crippen LogP contribution in [0.2, 0.25) is 0 Å². The fourth-order valence-electron chi connectivity index (χ4n) is 3.04. The second-order valence-corrected chi connectivity index (χ2v) is 5.75. The molecule has 0 aromatic heterocycles. The van der Waals surface area contributed by atoms with E-state index in [0.29, 0.717) is 19.1 Å². The molecule has 0 spiro atoms. The van der Waals surface area contributed by atoms with Gasteiger partial charge in [-0.25, -0.2) is 0 Å². The lowest BCUT2D eigenvalue weighted by Gasteiger charge is -2.34. The number of hydrogen-bond acceptors (Lipinski definition) is 2. The molecule has 1 fully saturated rings. The molecule has 1 saturated carbocycles. The van der Waals surface area contributed by atoms with Crippen molar-refractivity contribution in [3.63, 3.8) is 0 Å². The number of nitrogens with zero attached hydrogens (tertiary/aromatic N) is 1. The van der Waals surface area contributed by atoms with E-state index in [2.05, 4.69) is 4.90 Å². The smallest absolute Gasteiger partial charge is 0.329 e. The van der Waals surface area contributed by atoms with E-state index in [0.717, 1.165) is 24.2 Å². The predicted octanol–water partition coefficient (Wildman–Crippen LogP) is 3.80. The fourth-order valence-corrected chi connectivity index (χ4v) is 3.04. The highest BCUT2D eigenvalue weighted by atomic mass is 19.4. The molecule has 2 N–H and O–H groups in total. The minimum atomic E-state index is -4.27. The minimum absolute atomic E-state index is 0.518. The molecule has 118 valence electrons. The minimum Gasteiger partial charge on any atom is -0.329 e. The van der Waals surface area contributed by atoms with Crippen molar-refractivity contribution in [2.45, 2.75) is 50.9 Å². The van der Waals surface area contributed by atoms with Gasteiger partial charge in [0.2, 0.25) is 0 Å². The van der Waals surface area contributed by atoms with Gasteiger partial charge in [-0.15, -0.1) is 0 Å². The van der Waals surface area contributed by atoms with Crippen molar-refractivity contribution in [1.82, 2.24) is 4.90 Å². The van der Waals surface area contributed by atoms with Crippen LogP contribution >= 0.6 is 0 Å². The zero-order chi connectivity index (χ0) is 15.3. The molecular weight excluding hydrogens is 277 g/mol. The number of benzene rings is 1. The fraction of sp³-hybridized carbons (Fsp3) is 0.625.